The number of nitrogens with zero attached hydrogens (tertiary/aromatic N) is 3. The van der Waals surface area contributed by atoms with Crippen molar-refractivity contribution >= 4 is 0 Å². The summed E-state index contributed by atoms with van der Waals surface area (Å²) in [7, 11) is 1.59. The van der Waals surface area contributed by atoms with E-state index in [0.29, 0.717) is 59.4 Å². The number of azide groups is 1. The SMILES string of the molecule is COC1O[C@H]([C@@H](COCc2ccccc2)OCc2ccccc2)[C@H](OCc2ccccc2)[C@H]1OCCOCCOCCN=[N+]=[N-]. The molecule has 11 heteroatoms. The van der Waals surface area contributed by atoms with E-state index < -0.39 is 30.7 Å². The van der Waals surface area contributed by atoms with Crippen LogP contribution in [0.1, 0.15) is 16.7 Å². The summed E-state index contributed by atoms with van der Waals surface area (Å²) in [5.41, 5.74) is 11.5. The summed E-state index contributed by atoms with van der Waals surface area (Å²) in [5, 5.41) is 3.44. The third kappa shape index (κ3) is 12.2. The van der Waals surface area contributed by atoms with Crippen molar-refractivity contribution in [3.63, 3.8) is 0 Å². The summed E-state index contributed by atoms with van der Waals surface area (Å²) in [6, 6.07) is 30.0. The molecular formula is C34H43N3O8. The summed E-state index contributed by atoms with van der Waals surface area (Å²) in [4.78, 5) is 2.70. The maximum Gasteiger partial charge on any atom is 0.186 e. The molecule has 3 aromatic carbocycles. The molecule has 5 atom stereocenters. The van der Waals surface area contributed by atoms with Gasteiger partial charge in [0.25, 0.3) is 0 Å². The lowest BCUT2D eigenvalue weighted by Gasteiger charge is -2.29. The van der Waals surface area contributed by atoms with Crippen LogP contribution in [0.15, 0.2) is 96.1 Å². The highest BCUT2D eigenvalue weighted by molar-refractivity contribution is 5.15. The van der Waals surface area contributed by atoms with Gasteiger partial charge >= 0.3 is 0 Å². The molecule has 3 aromatic rings. The molecule has 0 amide bonds. The molecule has 1 heterocycles. The smallest absolute Gasteiger partial charge is 0.186 e. The molecule has 0 aromatic heterocycles. The van der Waals surface area contributed by atoms with Crippen molar-refractivity contribution < 1.29 is 37.9 Å². The molecule has 4 rings (SSSR count). The zero-order valence-corrected chi connectivity index (χ0v) is 25.7. The lowest BCUT2D eigenvalue weighted by Crippen LogP contribution is -2.45. The highest BCUT2D eigenvalue weighted by Crippen LogP contribution is 2.32. The minimum Gasteiger partial charge on any atom is -0.379 e. The van der Waals surface area contributed by atoms with E-state index in [-0.39, 0.29) is 6.61 Å². The molecule has 1 unspecified atom stereocenters. The van der Waals surface area contributed by atoms with Gasteiger partial charge in [-0.1, -0.05) is 96.1 Å². The maximum absolute atomic E-state index is 8.33. The van der Waals surface area contributed by atoms with Gasteiger partial charge in [0.15, 0.2) is 6.29 Å². The van der Waals surface area contributed by atoms with Crippen molar-refractivity contribution in [1.82, 2.24) is 0 Å². The molecule has 0 radical (unpaired) electrons. The fourth-order valence-corrected chi connectivity index (χ4v) is 4.87. The second-order valence-electron chi connectivity index (χ2n) is 10.3. The lowest BCUT2D eigenvalue weighted by atomic mass is 10.0. The van der Waals surface area contributed by atoms with Gasteiger partial charge in [-0.3, -0.25) is 0 Å². The van der Waals surface area contributed by atoms with E-state index in [0.717, 1.165) is 16.7 Å². The van der Waals surface area contributed by atoms with Crippen LogP contribution >= 0.6 is 0 Å². The monoisotopic (exact) mass is 621 g/mol. The van der Waals surface area contributed by atoms with Gasteiger partial charge in [-0.2, -0.15) is 0 Å². The van der Waals surface area contributed by atoms with Crippen molar-refractivity contribution in [2.75, 3.05) is 53.3 Å². The van der Waals surface area contributed by atoms with E-state index in [1.165, 1.54) is 0 Å². The molecule has 0 aliphatic carbocycles. The van der Waals surface area contributed by atoms with Crippen LogP contribution in [-0.2, 0) is 57.7 Å². The Bertz CT molecular complexity index is 1230. The molecule has 0 N–H and O–H groups in total. The molecule has 45 heavy (non-hydrogen) atoms. The van der Waals surface area contributed by atoms with Crippen LogP contribution in [0.2, 0.25) is 0 Å². The van der Waals surface area contributed by atoms with Crippen molar-refractivity contribution in [2.24, 2.45) is 5.11 Å². The molecule has 1 aliphatic heterocycles. The number of hydrogen-bond acceptors (Lipinski definition) is 9. The van der Waals surface area contributed by atoms with Crippen molar-refractivity contribution in [3.8, 4) is 0 Å². The Hall–Kier alpha value is -3.35. The first kappa shape index (κ1) is 34.5. The van der Waals surface area contributed by atoms with E-state index in [4.69, 9.17) is 43.4 Å². The normalized spacial score (nSPS) is 20.1. The van der Waals surface area contributed by atoms with Crippen molar-refractivity contribution in [1.29, 1.82) is 0 Å². The number of ether oxygens (including phenoxy) is 8. The standard InChI is InChI=1S/C34H43N3O8/c1-38-34-33(42-22-21-40-20-19-39-18-17-36-37-35)32(44-25-29-15-9-4-10-16-29)31(45-34)30(43-24-28-13-7-3-8-14-28)26-41-23-27-11-5-2-6-12-27/h2-16,30-34H,17-26H2,1H3/t30-,31-,32+,33-,34?/m1/s1. The fraction of sp³-hybridized carbons (Fsp3) is 0.471. The van der Waals surface area contributed by atoms with Gasteiger partial charge in [0.1, 0.15) is 24.4 Å². The van der Waals surface area contributed by atoms with E-state index >= 15 is 0 Å². The van der Waals surface area contributed by atoms with Crippen LogP contribution in [0.25, 0.3) is 10.4 Å². The van der Waals surface area contributed by atoms with Gasteiger partial charge in [-0.25, -0.2) is 0 Å². The summed E-state index contributed by atoms with van der Waals surface area (Å²) in [6.45, 7) is 3.53. The third-order valence-electron chi connectivity index (χ3n) is 7.10. The van der Waals surface area contributed by atoms with Crippen LogP contribution in [0.4, 0.5) is 0 Å². The number of benzene rings is 3. The minimum absolute atomic E-state index is 0.281. The maximum atomic E-state index is 8.33. The van der Waals surface area contributed by atoms with Gasteiger partial charge in [0.05, 0.1) is 59.5 Å². The molecule has 0 spiro atoms. The quantitative estimate of drug-likeness (QED) is 0.0626. The van der Waals surface area contributed by atoms with Crippen molar-refractivity contribution in [2.45, 2.75) is 50.5 Å². The van der Waals surface area contributed by atoms with Crippen molar-refractivity contribution in [3.05, 3.63) is 118 Å². The Morgan fingerprint density at radius 1 is 0.689 bits per heavy atom. The second kappa shape index (κ2) is 20.6. The Morgan fingerprint density at radius 3 is 1.89 bits per heavy atom. The summed E-state index contributed by atoms with van der Waals surface area (Å²) >= 11 is 0. The summed E-state index contributed by atoms with van der Waals surface area (Å²) < 4.78 is 48.7. The highest BCUT2D eigenvalue weighted by Gasteiger charge is 2.50. The number of methoxy groups -OCH3 is 1. The van der Waals surface area contributed by atoms with E-state index in [1.807, 2.05) is 91.0 Å². The van der Waals surface area contributed by atoms with Crippen LogP contribution in [-0.4, -0.2) is 84.0 Å². The average molecular weight is 622 g/mol. The van der Waals surface area contributed by atoms with Gasteiger partial charge < -0.3 is 37.9 Å². The van der Waals surface area contributed by atoms with Gasteiger partial charge in [0.2, 0.25) is 0 Å². The average Bonchev–Trinajstić information content (AvgIpc) is 3.44. The predicted octanol–water partition coefficient (Wildman–Crippen LogP) is 5.47. The number of hydrogen-bond donors (Lipinski definition) is 0. The zero-order chi connectivity index (χ0) is 31.4. The largest absolute Gasteiger partial charge is 0.379 e. The van der Waals surface area contributed by atoms with E-state index in [2.05, 4.69) is 10.0 Å². The second-order valence-corrected chi connectivity index (χ2v) is 10.3. The van der Waals surface area contributed by atoms with Crippen LogP contribution in [0, 0.1) is 0 Å². The first-order valence-corrected chi connectivity index (χ1v) is 15.2. The molecule has 1 aliphatic rings. The fourth-order valence-electron chi connectivity index (χ4n) is 4.87. The van der Waals surface area contributed by atoms with Crippen LogP contribution in [0.3, 0.4) is 0 Å². The van der Waals surface area contributed by atoms with Gasteiger partial charge in [-0.05, 0) is 22.2 Å². The van der Waals surface area contributed by atoms with Gasteiger partial charge in [-0.15, -0.1) is 0 Å². The molecule has 0 saturated carbocycles. The first-order valence-electron chi connectivity index (χ1n) is 15.2. The Morgan fingerprint density at radius 2 is 1.27 bits per heavy atom. The Kier molecular flexibility index (Phi) is 15.8. The first-order chi connectivity index (χ1) is 22.3. The third-order valence-corrected chi connectivity index (χ3v) is 7.10. The molecular weight excluding hydrogens is 578 g/mol. The van der Waals surface area contributed by atoms with E-state index in [1.54, 1.807) is 7.11 Å². The molecule has 1 saturated heterocycles. The predicted molar refractivity (Wildman–Crippen MR) is 167 cm³/mol. The molecule has 11 nitrogen and oxygen atoms in total. The molecule has 242 valence electrons. The van der Waals surface area contributed by atoms with Gasteiger partial charge in [0, 0.05) is 18.6 Å². The zero-order valence-electron chi connectivity index (χ0n) is 25.7. The van der Waals surface area contributed by atoms with Crippen LogP contribution < -0.4 is 0 Å². The topological polar surface area (TPSA) is 123 Å². The summed E-state index contributed by atoms with van der Waals surface area (Å²) in [5.74, 6) is 0. The molecule has 1 fully saturated rings. The highest BCUT2D eigenvalue weighted by atomic mass is 16.7. The van der Waals surface area contributed by atoms with Crippen LogP contribution in [0.5, 0.6) is 0 Å². The summed E-state index contributed by atoms with van der Waals surface area (Å²) in [6.07, 6.45) is -2.74. The van der Waals surface area contributed by atoms with E-state index in [9.17, 15) is 0 Å². The lowest BCUT2D eigenvalue weighted by molar-refractivity contribution is -0.186. The molecule has 0 bridgehead atoms. The Labute approximate surface area is 264 Å². The Balaban J connectivity index is 1.41. The number of rotatable bonds is 22. The minimum atomic E-state index is -0.684.